The third-order valence-electron chi connectivity index (χ3n) is 4.71. The van der Waals surface area contributed by atoms with Crippen molar-refractivity contribution in [1.82, 2.24) is 14.5 Å². The lowest BCUT2D eigenvalue weighted by Crippen LogP contribution is -2.65. The van der Waals surface area contributed by atoms with Crippen molar-refractivity contribution in [2.45, 2.75) is 38.0 Å². The van der Waals surface area contributed by atoms with Crippen LogP contribution in [0.2, 0.25) is 0 Å². The lowest BCUT2D eigenvalue weighted by Gasteiger charge is -2.55. The van der Waals surface area contributed by atoms with Crippen LogP contribution in [-0.2, 0) is 21.3 Å². The molecule has 1 aromatic rings. The summed E-state index contributed by atoms with van der Waals surface area (Å²) in [6.45, 7) is 1.50. The molecule has 7 nitrogen and oxygen atoms in total. The average Bonchev–Trinajstić information content (AvgIpc) is 2.99. The maximum absolute atomic E-state index is 12.2. The van der Waals surface area contributed by atoms with Gasteiger partial charge in [-0.25, -0.2) is 13.1 Å². The molecule has 1 aliphatic carbocycles. The number of nitrogens with one attached hydrogen (secondary N) is 1. The van der Waals surface area contributed by atoms with E-state index in [9.17, 15) is 13.5 Å². The molecule has 2 N–H and O–H groups in total. The molecular formula is C13H21N3O4S. The topological polar surface area (TPSA) is 93.5 Å². The molecule has 1 aliphatic heterocycles. The average molecular weight is 315 g/mol. The highest BCUT2D eigenvalue weighted by molar-refractivity contribution is 7.89. The van der Waals surface area contributed by atoms with Gasteiger partial charge >= 0.3 is 0 Å². The van der Waals surface area contributed by atoms with Gasteiger partial charge in [-0.1, -0.05) is 0 Å². The van der Waals surface area contributed by atoms with Gasteiger partial charge in [0.1, 0.15) is 0 Å². The molecule has 0 bridgehead atoms. The molecule has 0 aromatic carbocycles. The number of ether oxygens (including phenoxy) is 1. The Morgan fingerprint density at radius 2 is 2.19 bits per heavy atom. The van der Waals surface area contributed by atoms with Gasteiger partial charge in [-0.3, -0.25) is 4.68 Å². The highest BCUT2D eigenvalue weighted by Crippen LogP contribution is 2.49. The molecule has 0 unspecified atom stereocenters. The Morgan fingerprint density at radius 1 is 1.43 bits per heavy atom. The van der Waals surface area contributed by atoms with Crippen molar-refractivity contribution in [3.8, 4) is 0 Å². The molecule has 21 heavy (non-hydrogen) atoms. The van der Waals surface area contributed by atoms with Crippen LogP contribution in [0.4, 0.5) is 0 Å². The lowest BCUT2D eigenvalue weighted by atomic mass is 9.58. The van der Waals surface area contributed by atoms with Crippen LogP contribution < -0.4 is 4.72 Å². The number of nitrogens with zero attached hydrogens (tertiary/aromatic N) is 2. The SMILES string of the molecule is O=S(=O)(CCn1cccn1)N[C@@H]1C[C@@H](O)C12CCOCC2. The highest BCUT2D eigenvalue weighted by Gasteiger charge is 2.55. The number of aryl methyl sites for hydroxylation is 1. The summed E-state index contributed by atoms with van der Waals surface area (Å²) in [5.41, 5.74) is -0.336. The Morgan fingerprint density at radius 3 is 2.81 bits per heavy atom. The first kappa shape index (κ1) is 15.0. The number of aliphatic hydroxyl groups is 1. The first-order valence-electron chi connectivity index (χ1n) is 7.25. The number of rotatable bonds is 5. The standard InChI is InChI=1S/C13H21N3O4S/c17-12-10-11(13(12)2-7-20-8-3-13)15-21(18,19)9-6-16-5-1-4-14-16/h1,4-5,11-12,15,17H,2-3,6-10H2/t11-,12-/m1/s1. The van der Waals surface area contributed by atoms with Gasteiger partial charge in [-0.2, -0.15) is 5.10 Å². The molecule has 3 rings (SSSR count). The van der Waals surface area contributed by atoms with E-state index < -0.39 is 16.1 Å². The second-order valence-corrected chi connectivity index (χ2v) is 7.73. The zero-order valence-corrected chi connectivity index (χ0v) is 12.6. The molecule has 2 atom stereocenters. The molecular weight excluding hydrogens is 294 g/mol. The van der Waals surface area contributed by atoms with E-state index in [2.05, 4.69) is 9.82 Å². The van der Waals surface area contributed by atoms with Gasteiger partial charge in [0.05, 0.1) is 18.4 Å². The Balaban J connectivity index is 1.60. The molecule has 2 fully saturated rings. The van der Waals surface area contributed by atoms with Crippen LogP contribution in [0.25, 0.3) is 0 Å². The van der Waals surface area contributed by atoms with E-state index in [0.29, 0.717) is 39.0 Å². The summed E-state index contributed by atoms with van der Waals surface area (Å²) in [5.74, 6) is -0.00610. The molecule has 2 aliphatic rings. The second kappa shape index (κ2) is 5.68. The Hall–Kier alpha value is -0.960. The van der Waals surface area contributed by atoms with Crippen LogP contribution in [0.1, 0.15) is 19.3 Å². The van der Waals surface area contributed by atoms with Crippen molar-refractivity contribution in [2.24, 2.45) is 5.41 Å². The number of hydrogen-bond donors (Lipinski definition) is 2. The smallest absolute Gasteiger partial charge is 0.213 e. The van der Waals surface area contributed by atoms with Gasteiger partial charge in [0.15, 0.2) is 0 Å². The van der Waals surface area contributed by atoms with Crippen molar-refractivity contribution in [3.63, 3.8) is 0 Å². The van der Waals surface area contributed by atoms with Crippen molar-refractivity contribution in [1.29, 1.82) is 0 Å². The summed E-state index contributed by atoms with van der Waals surface area (Å²) < 4.78 is 34.1. The van der Waals surface area contributed by atoms with Gasteiger partial charge in [0.25, 0.3) is 0 Å². The third kappa shape index (κ3) is 2.98. The lowest BCUT2D eigenvalue weighted by molar-refractivity contribution is -0.143. The first-order valence-corrected chi connectivity index (χ1v) is 8.90. The van der Waals surface area contributed by atoms with Crippen molar-refractivity contribution >= 4 is 10.0 Å². The summed E-state index contributed by atoms with van der Waals surface area (Å²) in [6.07, 6.45) is 4.84. The molecule has 1 spiro atoms. The van der Waals surface area contributed by atoms with Crippen LogP contribution in [0, 0.1) is 5.41 Å². The summed E-state index contributed by atoms with van der Waals surface area (Å²) in [7, 11) is -3.38. The minimum Gasteiger partial charge on any atom is -0.392 e. The van der Waals surface area contributed by atoms with E-state index in [1.165, 1.54) is 0 Å². The number of sulfonamides is 1. The number of aliphatic hydroxyl groups excluding tert-OH is 1. The van der Waals surface area contributed by atoms with E-state index in [1.54, 1.807) is 23.1 Å². The second-order valence-electron chi connectivity index (χ2n) is 5.86. The van der Waals surface area contributed by atoms with Crippen molar-refractivity contribution in [3.05, 3.63) is 18.5 Å². The molecule has 118 valence electrons. The summed E-state index contributed by atoms with van der Waals surface area (Å²) in [5, 5.41) is 14.1. The van der Waals surface area contributed by atoms with E-state index in [4.69, 9.17) is 4.74 Å². The fraction of sp³-hybridized carbons (Fsp3) is 0.769. The Kier molecular flexibility index (Phi) is 4.04. The molecule has 1 saturated heterocycles. The van der Waals surface area contributed by atoms with Crippen molar-refractivity contribution < 1.29 is 18.3 Å². The zero-order valence-electron chi connectivity index (χ0n) is 11.8. The van der Waals surface area contributed by atoms with Crippen molar-refractivity contribution in [2.75, 3.05) is 19.0 Å². The molecule has 2 heterocycles. The minimum atomic E-state index is -3.38. The molecule has 1 aromatic heterocycles. The van der Waals surface area contributed by atoms with Gasteiger partial charge in [0.2, 0.25) is 10.0 Å². The fourth-order valence-corrected chi connectivity index (χ4v) is 4.59. The summed E-state index contributed by atoms with van der Waals surface area (Å²) in [4.78, 5) is 0. The molecule has 0 radical (unpaired) electrons. The highest BCUT2D eigenvalue weighted by atomic mass is 32.2. The summed E-state index contributed by atoms with van der Waals surface area (Å²) in [6, 6.07) is 1.58. The predicted octanol–water partition coefficient (Wildman–Crippen LogP) is -0.267. The monoisotopic (exact) mass is 315 g/mol. The van der Waals surface area contributed by atoms with E-state index in [1.807, 2.05) is 0 Å². The molecule has 8 heteroatoms. The van der Waals surface area contributed by atoms with E-state index in [-0.39, 0.29) is 17.2 Å². The maximum atomic E-state index is 12.2. The zero-order chi connectivity index (χ0) is 14.9. The quantitative estimate of drug-likeness (QED) is 0.780. The van der Waals surface area contributed by atoms with Gasteiger partial charge in [-0.05, 0) is 25.3 Å². The van der Waals surface area contributed by atoms with Crippen LogP contribution in [0.3, 0.4) is 0 Å². The van der Waals surface area contributed by atoms with Crippen LogP contribution in [0.15, 0.2) is 18.5 Å². The third-order valence-corrected chi connectivity index (χ3v) is 6.07. The molecule has 0 amide bonds. The van der Waals surface area contributed by atoms with E-state index >= 15 is 0 Å². The van der Waals surface area contributed by atoms with Crippen LogP contribution in [0.5, 0.6) is 0 Å². The van der Waals surface area contributed by atoms with E-state index in [0.717, 1.165) is 0 Å². The largest absolute Gasteiger partial charge is 0.392 e. The van der Waals surface area contributed by atoms with Gasteiger partial charge in [0, 0.05) is 37.1 Å². The van der Waals surface area contributed by atoms with Crippen LogP contribution >= 0.6 is 0 Å². The Bertz CT molecular complexity index is 566. The van der Waals surface area contributed by atoms with Gasteiger partial charge < -0.3 is 9.84 Å². The minimum absolute atomic E-state index is 0.00610. The maximum Gasteiger partial charge on any atom is 0.213 e. The predicted molar refractivity (Wildman–Crippen MR) is 76.0 cm³/mol. The van der Waals surface area contributed by atoms with Crippen LogP contribution in [-0.4, -0.2) is 54.4 Å². The normalized spacial score (nSPS) is 28.4. The number of hydrogen-bond acceptors (Lipinski definition) is 5. The fourth-order valence-electron chi connectivity index (χ4n) is 3.29. The Labute approximate surface area is 124 Å². The summed E-state index contributed by atoms with van der Waals surface area (Å²) >= 11 is 0. The number of aromatic nitrogens is 2. The molecule has 1 saturated carbocycles. The first-order chi connectivity index (χ1) is 10.0. The van der Waals surface area contributed by atoms with Gasteiger partial charge in [-0.15, -0.1) is 0 Å².